The normalized spacial score (nSPS) is 16.4. The fourth-order valence-corrected chi connectivity index (χ4v) is 4.18. The first-order valence-corrected chi connectivity index (χ1v) is 10.8. The molecule has 1 atom stereocenters. The summed E-state index contributed by atoms with van der Waals surface area (Å²) in [6.07, 6.45) is -2.67. The van der Waals surface area contributed by atoms with E-state index in [0.717, 1.165) is 17.8 Å². The van der Waals surface area contributed by atoms with Crippen LogP contribution in [-0.2, 0) is 6.18 Å². The van der Waals surface area contributed by atoms with E-state index in [1.165, 1.54) is 19.2 Å². The Labute approximate surface area is 195 Å². The van der Waals surface area contributed by atoms with Crippen LogP contribution < -0.4 is 15.4 Å². The van der Waals surface area contributed by atoms with Crippen molar-refractivity contribution in [2.75, 3.05) is 37.4 Å². The minimum atomic E-state index is -4.40. The van der Waals surface area contributed by atoms with Crippen LogP contribution in [0.3, 0.4) is 0 Å². The number of nitrogens with two attached hydrogens (primary N) is 1. The van der Waals surface area contributed by atoms with Crippen LogP contribution in [0, 0.1) is 0 Å². The van der Waals surface area contributed by atoms with Crippen molar-refractivity contribution in [1.29, 1.82) is 0 Å². The summed E-state index contributed by atoms with van der Waals surface area (Å²) in [5.74, 6) is 0.753. The van der Waals surface area contributed by atoms with Crippen LogP contribution in [0.15, 0.2) is 60.8 Å². The van der Waals surface area contributed by atoms with E-state index in [4.69, 9.17) is 10.5 Å². The number of carbonyl (C=O) groups is 1. The molecule has 1 fully saturated rings. The number of pyridine rings is 1. The highest BCUT2D eigenvalue weighted by Gasteiger charge is 2.30. The second kappa shape index (κ2) is 9.24. The summed E-state index contributed by atoms with van der Waals surface area (Å²) in [5.41, 5.74) is 7.56. The second-order valence-electron chi connectivity index (χ2n) is 8.23. The van der Waals surface area contributed by atoms with E-state index >= 15 is 0 Å². The summed E-state index contributed by atoms with van der Waals surface area (Å²) < 4.78 is 44.1. The highest BCUT2D eigenvalue weighted by molar-refractivity contribution is 5.96. The van der Waals surface area contributed by atoms with Crippen LogP contribution in [0.4, 0.5) is 24.7 Å². The molecule has 1 unspecified atom stereocenters. The van der Waals surface area contributed by atoms with Gasteiger partial charge in [0.25, 0.3) is 5.91 Å². The second-order valence-corrected chi connectivity index (χ2v) is 8.23. The summed E-state index contributed by atoms with van der Waals surface area (Å²) in [5, 5.41) is 0. The van der Waals surface area contributed by atoms with Crippen LogP contribution in [0.25, 0.3) is 11.1 Å². The van der Waals surface area contributed by atoms with Crippen molar-refractivity contribution in [3.63, 3.8) is 0 Å². The molecule has 1 aliphatic rings. The van der Waals surface area contributed by atoms with Gasteiger partial charge in [0.15, 0.2) is 0 Å². The third kappa shape index (κ3) is 4.78. The lowest BCUT2D eigenvalue weighted by Gasteiger charge is -2.41. The third-order valence-corrected chi connectivity index (χ3v) is 5.99. The zero-order chi connectivity index (χ0) is 24.5. The molecule has 0 radical (unpaired) electrons. The molecule has 1 aliphatic heterocycles. The average Bonchev–Trinajstić information content (AvgIpc) is 2.83. The van der Waals surface area contributed by atoms with Crippen molar-refractivity contribution < 1.29 is 22.7 Å². The van der Waals surface area contributed by atoms with Gasteiger partial charge in [0.2, 0.25) is 0 Å². The number of alkyl halides is 3. The van der Waals surface area contributed by atoms with E-state index in [0.29, 0.717) is 47.9 Å². The Hall–Kier alpha value is -3.75. The lowest BCUT2D eigenvalue weighted by atomic mass is 10.0. The molecule has 2 N–H and O–H groups in total. The quantitative estimate of drug-likeness (QED) is 0.598. The highest BCUT2D eigenvalue weighted by Crippen LogP contribution is 2.35. The molecule has 9 heteroatoms. The highest BCUT2D eigenvalue weighted by atomic mass is 19.4. The number of carbonyl (C=O) groups excluding carboxylic acids is 1. The average molecular weight is 470 g/mol. The van der Waals surface area contributed by atoms with Crippen molar-refractivity contribution in [3.05, 3.63) is 71.9 Å². The summed E-state index contributed by atoms with van der Waals surface area (Å²) in [7, 11) is 1.47. The Kier molecular flexibility index (Phi) is 6.37. The van der Waals surface area contributed by atoms with Gasteiger partial charge in [0.1, 0.15) is 11.6 Å². The van der Waals surface area contributed by atoms with Gasteiger partial charge in [0.05, 0.1) is 24.6 Å². The molecule has 1 amide bonds. The number of anilines is 2. The van der Waals surface area contributed by atoms with E-state index < -0.39 is 11.7 Å². The summed E-state index contributed by atoms with van der Waals surface area (Å²) in [6, 6.07) is 13.6. The monoisotopic (exact) mass is 470 g/mol. The maximum Gasteiger partial charge on any atom is 0.416 e. The SMILES string of the molecule is COc1cc(C(=O)N2CCN(c3ccc(N)nc3)C(C)C2)ccc1-c1ccc(C(F)(F)F)cc1. The van der Waals surface area contributed by atoms with Crippen LogP contribution in [0.2, 0.25) is 0 Å². The minimum absolute atomic E-state index is 0.0800. The van der Waals surface area contributed by atoms with E-state index in [1.54, 1.807) is 35.4 Å². The largest absolute Gasteiger partial charge is 0.496 e. The number of halogens is 3. The van der Waals surface area contributed by atoms with Gasteiger partial charge >= 0.3 is 6.18 Å². The number of benzene rings is 2. The van der Waals surface area contributed by atoms with Crippen LogP contribution >= 0.6 is 0 Å². The van der Waals surface area contributed by atoms with Gasteiger partial charge in [-0.05, 0) is 55.0 Å². The molecule has 0 aliphatic carbocycles. The number of methoxy groups -OCH3 is 1. The van der Waals surface area contributed by atoms with E-state index in [-0.39, 0.29) is 11.9 Å². The smallest absolute Gasteiger partial charge is 0.416 e. The zero-order valence-electron chi connectivity index (χ0n) is 18.8. The topological polar surface area (TPSA) is 71.7 Å². The van der Waals surface area contributed by atoms with E-state index in [1.807, 2.05) is 13.0 Å². The molecule has 178 valence electrons. The van der Waals surface area contributed by atoms with Gasteiger partial charge in [-0.25, -0.2) is 4.98 Å². The van der Waals surface area contributed by atoms with E-state index in [9.17, 15) is 18.0 Å². The number of hydrogen-bond acceptors (Lipinski definition) is 5. The van der Waals surface area contributed by atoms with Gasteiger partial charge in [0, 0.05) is 36.8 Å². The molecule has 0 bridgehead atoms. The number of hydrogen-bond donors (Lipinski definition) is 1. The Morgan fingerprint density at radius 3 is 2.41 bits per heavy atom. The van der Waals surface area contributed by atoms with E-state index in [2.05, 4.69) is 9.88 Å². The van der Waals surface area contributed by atoms with Crippen molar-refractivity contribution in [2.45, 2.75) is 19.1 Å². The Morgan fingerprint density at radius 1 is 1.09 bits per heavy atom. The van der Waals surface area contributed by atoms with Gasteiger partial charge in [-0.2, -0.15) is 13.2 Å². The van der Waals surface area contributed by atoms with Crippen molar-refractivity contribution in [2.24, 2.45) is 0 Å². The summed E-state index contributed by atoms with van der Waals surface area (Å²) in [4.78, 5) is 21.3. The van der Waals surface area contributed by atoms with Crippen molar-refractivity contribution in [3.8, 4) is 16.9 Å². The van der Waals surface area contributed by atoms with Crippen molar-refractivity contribution in [1.82, 2.24) is 9.88 Å². The maximum atomic E-state index is 13.2. The molecule has 1 saturated heterocycles. The Balaban J connectivity index is 1.50. The number of rotatable bonds is 4. The van der Waals surface area contributed by atoms with Crippen LogP contribution in [0.5, 0.6) is 5.75 Å². The zero-order valence-corrected chi connectivity index (χ0v) is 18.8. The minimum Gasteiger partial charge on any atom is -0.496 e. The number of amides is 1. The molecule has 3 aromatic rings. The lowest BCUT2D eigenvalue weighted by molar-refractivity contribution is -0.137. The number of ether oxygens (including phenoxy) is 1. The number of nitrogens with zero attached hydrogens (tertiary/aromatic N) is 3. The molecule has 34 heavy (non-hydrogen) atoms. The lowest BCUT2D eigenvalue weighted by Crippen LogP contribution is -2.53. The molecular weight excluding hydrogens is 445 g/mol. The fraction of sp³-hybridized carbons (Fsp3) is 0.280. The first kappa shape index (κ1) is 23.4. The molecule has 1 aromatic heterocycles. The number of aromatic nitrogens is 1. The molecule has 0 spiro atoms. The van der Waals surface area contributed by atoms with Gasteiger partial charge < -0.3 is 20.3 Å². The Bertz CT molecular complexity index is 1160. The fourth-order valence-electron chi connectivity index (χ4n) is 4.18. The van der Waals surface area contributed by atoms with Gasteiger partial charge in [-0.3, -0.25) is 4.79 Å². The van der Waals surface area contributed by atoms with Crippen LogP contribution in [-0.4, -0.2) is 48.6 Å². The van der Waals surface area contributed by atoms with Crippen LogP contribution in [0.1, 0.15) is 22.8 Å². The molecule has 2 aromatic carbocycles. The predicted molar refractivity (Wildman–Crippen MR) is 125 cm³/mol. The third-order valence-electron chi connectivity index (χ3n) is 5.99. The number of piperazine rings is 1. The van der Waals surface area contributed by atoms with Gasteiger partial charge in [-0.1, -0.05) is 12.1 Å². The molecule has 0 saturated carbocycles. The molecule has 4 rings (SSSR count). The van der Waals surface area contributed by atoms with Gasteiger partial charge in [-0.15, -0.1) is 0 Å². The number of nitrogen functional groups attached to an aromatic ring is 1. The first-order valence-electron chi connectivity index (χ1n) is 10.8. The maximum absolute atomic E-state index is 13.2. The summed E-state index contributed by atoms with van der Waals surface area (Å²) >= 11 is 0. The molecule has 2 heterocycles. The standard InChI is InChI=1S/C25H25F3N4O2/c1-16-15-31(11-12-32(16)20-8-10-23(29)30-14-20)24(33)18-5-9-21(22(13-18)34-2)17-3-6-19(7-4-17)25(26,27)28/h3-10,13-14,16H,11-12,15H2,1-2H3,(H2,29,30). The summed E-state index contributed by atoms with van der Waals surface area (Å²) in [6.45, 7) is 3.77. The van der Waals surface area contributed by atoms with Crippen molar-refractivity contribution >= 4 is 17.4 Å². The Morgan fingerprint density at radius 2 is 1.82 bits per heavy atom. The molecule has 6 nitrogen and oxygen atoms in total. The first-order chi connectivity index (χ1) is 16.2. The predicted octanol–water partition coefficient (Wildman–Crippen LogP) is 4.71. The molecular formula is C25H25F3N4O2.